The van der Waals surface area contributed by atoms with E-state index in [0.717, 1.165) is 12.3 Å². The number of rotatable bonds is 6. The van der Waals surface area contributed by atoms with Crippen molar-refractivity contribution in [3.05, 3.63) is 49.1 Å². The van der Waals surface area contributed by atoms with Crippen molar-refractivity contribution in [3.63, 3.8) is 0 Å². The van der Waals surface area contributed by atoms with E-state index < -0.39 is 22.1 Å². The average molecular weight is 427 g/mol. The molecule has 1 aromatic carbocycles. The standard InChI is InChI=1S/C17H16F3N5O3S/c1-21-29(26,27)12-4-5-14(13(7-12)15-9-25(2)10-23-15)24-16-6-3-11(8-22-16)28-17(18,19)20/h3-10,21H,1-2H3,(H,22,24). The van der Waals surface area contributed by atoms with Crippen molar-refractivity contribution in [2.45, 2.75) is 11.3 Å². The fraction of sp³-hybridized carbons (Fsp3) is 0.176. The number of pyridine rings is 1. The summed E-state index contributed by atoms with van der Waals surface area (Å²) in [5.74, 6) is -0.218. The highest BCUT2D eigenvalue weighted by atomic mass is 32.2. The van der Waals surface area contributed by atoms with Gasteiger partial charge in [0.2, 0.25) is 10.0 Å². The Labute approximate surface area is 164 Å². The zero-order valence-corrected chi connectivity index (χ0v) is 16.0. The zero-order valence-electron chi connectivity index (χ0n) is 15.2. The van der Waals surface area contributed by atoms with E-state index in [2.05, 4.69) is 24.7 Å². The summed E-state index contributed by atoms with van der Waals surface area (Å²) in [5, 5.41) is 2.95. The van der Waals surface area contributed by atoms with Gasteiger partial charge in [0.1, 0.15) is 11.6 Å². The summed E-state index contributed by atoms with van der Waals surface area (Å²) < 4.78 is 68.8. The van der Waals surface area contributed by atoms with Gasteiger partial charge in [-0.25, -0.2) is 23.1 Å². The predicted molar refractivity (Wildman–Crippen MR) is 99.1 cm³/mol. The molecule has 0 saturated carbocycles. The number of ether oxygens (including phenoxy) is 1. The second-order valence-electron chi connectivity index (χ2n) is 5.89. The minimum atomic E-state index is -4.81. The Morgan fingerprint density at radius 3 is 2.45 bits per heavy atom. The molecule has 0 atom stereocenters. The smallest absolute Gasteiger partial charge is 0.404 e. The molecule has 0 amide bonds. The van der Waals surface area contributed by atoms with Crippen LogP contribution in [0, 0.1) is 0 Å². The normalized spacial score (nSPS) is 12.0. The highest BCUT2D eigenvalue weighted by Crippen LogP contribution is 2.32. The van der Waals surface area contributed by atoms with Gasteiger partial charge in [-0.1, -0.05) is 0 Å². The lowest BCUT2D eigenvalue weighted by molar-refractivity contribution is -0.274. The number of hydrogen-bond donors (Lipinski definition) is 2. The fourth-order valence-corrected chi connectivity index (χ4v) is 3.22. The molecule has 0 radical (unpaired) electrons. The number of imidazole rings is 1. The second kappa shape index (κ2) is 7.72. The first-order chi connectivity index (χ1) is 13.6. The van der Waals surface area contributed by atoms with E-state index in [-0.39, 0.29) is 10.7 Å². The van der Waals surface area contributed by atoms with Crippen LogP contribution in [0.25, 0.3) is 11.3 Å². The van der Waals surface area contributed by atoms with Crippen molar-refractivity contribution in [2.75, 3.05) is 12.4 Å². The maximum Gasteiger partial charge on any atom is 0.573 e. The molecule has 12 heteroatoms. The highest BCUT2D eigenvalue weighted by molar-refractivity contribution is 7.89. The Bertz CT molecular complexity index is 1110. The van der Waals surface area contributed by atoms with Crippen LogP contribution < -0.4 is 14.8 Å². The molecule has 0 spiro atoms. The van der Waals surface area contributed by atoms with E-state index >= 15 is 0 Å². The van der Waals surface area contributed by atoms with Crippen molar-refractivity contribution in [2.24, 2.45) is 7.05 Å². The quantitative estimate of drug-likeness (QED) is 0.628. The Morgan fingerprint density at radius 1 is 1.14 bits per heavy atom. The third-order valence-corrected chi connectivity index (χ3v) is 5.20. The number of aromatic nitrogens is 3. The highest BCUT2D eigenvalue weighted by Gasteiger charge is 2.31. The van der Waals surface area contributed by atoms with E-state index in [1.54, 1.807) is 24.1 Å². The van der Waals surface area contributed by atoms with Gasteiger partial charge in [-0.3, -0.25) is 0 Å². The summed E-state index contributed by atoms with van der Waals surface area (Å²) >= 11 is 0. The Kier molecular flexibility index (Phi) is 5.48. The number of nitrogens with one attached hydrogen (secondary N) is 2. The zero-order chi connectivity index (χ0) is 21.2. The van der Waals surface area contributed by atoms with Crippen LogP contribution in [0.15, 0.2) is 53.9 Å². The first-order valence-corrected chi connectivity index (χ1v) is 9.60. The van der Waals surface area contributed by atoms with Crippen LogP contribution in [-0.2, 0) is 17.1 Å². The van der Waals surface area contributed by atoms with E-state index in [1.807, 2.05) is 0 Å². The summed E-state index contributed by atoms with van der Waals surface area (Å²) in [4.78, 5) is 8.16. The maximum atomic E-state index is 12.3. The lowest BCUT2D eigenvalue weighted by Gasteiger charge is -2.13. The number of alkyl halides is 3. The van der Waals surface area contributed by atoms with Gasteiger partial charge in [-0.15, -0.1) is 13.2 Å². The number of halogens is 3. The largest absolute Gasteiger partial charge is 0.573 e. The van der Waals surface area contributed by atoms with Crippen LogP contribution in [0.5, 0.6) is 5.75 Å². The van der Waals surface area contributed by atoms with Crippen LogP contribution in [0.4, 0.5) is 24.7 Å². The number of benzene rings is 1. The predicted octanol–water partition coefficient (Wildman–Crippen LogP) is 3.03. The Morgan fingerprint density at radius 2 is 1.90 bits per heavy atom. The minimum Gasteiger partial charge on any atom is -0.404 e. The third kappa shape index (κ3) is 5.03. The first-order valence-electron chi connectivity index (χ1n) is 8.12. The molecule has 0 bridgehead atoms. The first kappa shape index (κ1) is 20.6. The topological polar surface area (TPSA) is 98.1 Å². The van der Waals surface area contributed by atoms with Crippen LogP contribution in [0.3, 0.4) is 0 Å². The average Bonchev–Trinajstić information content (AvgIpc) is 3.08. The molecule has 0 aliphatic carbocycles. The molecule has 29 heavy (non-hydrogen) atoms. The van der Waals surface area contributed by atoms with Gasteiger partial charge in [0, 0.05) is 24.5 Å². The van der Waals surface area contributed by atoms with Crippen LogP contribution >= 0.6 is 0 Å². The molecular formula is C17H16F3N5O3S. The van der Waals surface area contributed by atoms with Crippen molar-refractivity contribution >= 4 is 21.5 Å². The van der Waals surface area contributed by atoms with E-state index in [1.165, 1.54) is 31.3 Å². The monoisotopic (exact) mass is 427 g/mol. The van der Waals surface area contributed by atoms with Gasteiger partial charge in [0.25, 0.3) is 0 Å². The molecule has 2 N–H and O–H groups in total. The number of nitrogens with zero attached hydrogens (tertiary/aromatic N) is 3. The number of sulfonamides is 1. The van der Waals surface area contributed by atoms with Gasteiger partial charge < -0.3 is 14.6 Å². The summed E-state index contributed by atoms with van der Waals surface area (Å²) in [7, 11) is -0.621. The molecule has 0 fully saturated rings. The van der Waals surface area contributed by atoms with E-state index in [9.17, 15) is 21.6 Å². The molecule has 0 saturated heterocycles. The Balaban J connectivity index is 1.96. The van der Waals surface area contributed by atoms with Crippen molar-refractivity contribution in [1.29, 1.82) is 0 Å². The van der Waals surface area contributed by atoms with Gasteiger partial charge in [-0.05, 0) is 37.4 Å². The summed E-state index contributed by atoms with van der Waals surface area (Å²) in [6, 6.07) is 6.78. The SMILES string of the molecule is CNS(=O)(=O)c1ccc(Nc2ccc(OC(F)(F)F)cn2)c(-c2cn(C)cn2)c1. The summed E-state index contributed by atoms with van der Waals surface area (Å²) in [5.41, 5.74) is 1.44. The summed E-state index contributed by atoms with van der Waals surface area (Å²) in [6.45, 7) is 0. The fourth-order valence-electron chi connectivity index (χ4n) is 2.47. The molecule has 154 valence electrons. The van der Waals surface area contributed by atoms with Crippen LogP contribution in [0.1, 0.15) is 0 Å². The van der Waals surface area contributed by atoms with Gasteiger partial charge in [-0.2, -0.15) is 0 Å². The van der Waals surface area contributed by atoms with Crippen molar-refractivity contribution in [1.82, 2.24) is 19.3 Å². The molecule has 0 aliphatic heterocycles. The van der Waals surface area contributed by atoms with E-state index in [4.69, 9.17) is 0 Å². The summed E-state index contributed by atoms with van der Waals surface area (Å²) in [6.07, 6.45) is -0.628. The molecule has 3 rings (SSSR count). The molecule has 2 heterocycles. The molecule has 8 nitrogen and oxygen atoms in total. The number of anilines is 2. The van der Waals surface area contributed by atoms with Crippen molar-refractivity contribution < 1.29 is 26.3 Å². The molecule has 0 aliphatic rings. The van der Waals surface area contributed by atoms with Gasteiger partial charge in [0.15, 0.2) is 0 Å². The molecular weight excluding hydrogens is 411 g/mol. The van der Waals surface area contributed by atoms with Crippen molar-refractivity contribution in [3.8, 4) is 17.0 Å². The Hall–Kier alpha value is -3.12. The molecule has 0 unspecified atom stereocenters. The molecule has 2 aromatic heterocycles. The lowest BCUT2D eigenvalue weighted by Crippen LogP contribution is -2.18. The number of hydrogen-bond acceptors (Lipinski definition) is 6. The van der Waals surface area contributed by atoms with Gasteiger partial charge in [0.05, 0.1) is 23.1 Å². The molecule has 3 aromatic rings. The van der Waals surface area contributed by atoms with Gasteiger partial charge >= 0.3 is 6.36 Å². The maximum absolute atomic E-state index is 12.3. The van der Waals surface area contributed by atoms with Crippen LogP contribution in [-0.4, -0.2) is 36.4 Å². The third-order valence-electron chi connectivity index (χ3n) is 3.78. The number of aryl methyl sites for hydroxylation is 1. The minimum absolute atomic E-state index is 0.0353. The lowest BCUT2D eigenvalue weighted by atomic mass is 10.1. The van der Waals surface area contributed by atoms with Crippen LogP contribution in [0.2, 0.25) is 0 Å². The second-order valence-corrected chi connectivity index (χ2v) is 7.78. The van der Waals surface area contributed by atoms with E-state index in [0.29, 0.717) is 16.9 Å².